The van der Waals surface area contributed by atoms with Crippen molar-refractivity contribution in [1.82, 2.24) is 0 Å². The van der Waals surface area contributed by atoms with Gasteiger partial charge in [0.15, 0.2) is 0 Å². The van der Waals surface area contributed by atoms with Crippen LogP contribution in [0.15, 0.2) is 24.3 Å². The third-order valence-corrected chi connectivity index (χ3v) is 9.96. The zero-order chi connectivity index (χ0) is 18.1. The van der Waals surface area contributed by atoms with E-state index in [1.165, 1.54) is 37.7 Å². The largest absolute Gasteiger partial charge is 0.326 e. The van der Waals surface area contributed by atoms with E-state index in [-0.39, 0.29) is 17.7 Å². The molecule has 4 rings (SSSR count). The van der Waals surface area contributed by atoms with Crippen molar-refractivity contribution in [2.45, 2.75) is 43.1 Å². The molecule has 4 nitrogen and oxygen atoms in total. The van der Waals surface area contributed by atoms with Gasteiger partial charge in [-0.1, -0.05) is 12.5 Å². The highest BCUT2D eigenvalue weighted by molar-refractivity contribution is 8.21. The van der Waals surface area contributed by atoms with Crippen LogP contribution in [0.3, 0.4) is 0 Å². The van der Waals surface area contributed by atoms with E-state index < -0.39 is 0 Å². The van der Waals surface area contributed by atoms with Gasteiger partial charge in [0, 0.05) is 35.7 Å². The van der Waals surface area contributed by atoms with E-state index in [1.807, 2.05) is 24.3 Å². The molecule has 1 aromatic carbocycles. The Labute approximate surface area is 163 Å². The molecule has 1 aromatic rings. The summed E-state index contributed by atoms with van der Waals surface area (Å²) < 4.78 is 0.403. The molecule has 1 aliphatic heterocycles. The topological polar surface area (TPSA) is 58.2 Å². The second-order valence-electron chi connectivity index (χ2n) is 7.66. The Morgan fingerprint density at radius 2 is 1.65 bits per heavy atom. The standard InChI is InChI=1S/C20H26N2O2S2/c1-13(23)21-17-6-3-7-18(12-17)22-19(24)14-10-15-4-2-5-16(11-14)20(15)25-8-9-26-20/h3,6-7,12,14-16H,2,4-5,8-11H2,1H3,(H,21,23)(H,22,24). The molecule has 26 heavy (non-hydrogen) atoms. The number of hydrogen-bond acceptors (Lipinski definition) is 4. The lowest BCUT2D eigenvalue weighted by Crippen LogP contribution is -2.48. The molecule has 3 aliphatic rings. The molecule has 1 spiro atoms. The molecule has 0 radical (unpaired) electrons. The molecule has 2 N–H and O–H groups in total. The first-order valence-corrected chi connectivity index (χ1v) is 11.5. The van der Waals surface area contributed by atoms with Gasteiger partial charge in [-0.25, -0.2) is 0 Å². The van der Waals surface area contributed by atoms with Crippen LogP contribution in [0.2, 0.25) is 0 Å². The van der Waals surface area contributed by atoms with Crippen LogP contribution in [0.1, 0.15) is 39.0 Å². The number of carbonyl (C=O) groups excluding carboxylic acids is 2. The number of amides is 2. The number of rotatable bonds is 3. The van der Waals surface area contributed by atoms with E-state index in [1.54, 1.807) is 0 Å². The summed E-state index contributed by atoms with van der Waals surface area (Å²) in [6.07, 6.45) is 5.92. The minimum Gasteiger partial charge on any atom is -0.326 e. The van der Waals surface area contributed by atoms with Crippen molar-refractivity contribution in [3.8, 4) is 0 Å². The van der Waals surface area contributed by atoms with E-state index in [9.17, 15) is 9.59 Å². The molecule has 2 amide bonds. The maximum absolute atomic E-state index is 12.9. The van der Waals surface area contributed by atoms with Crippen LogP contribution >= 0.6 is 23.5 Å². The normalized spacial score (nSPS) is 29.3. The van der Waals surface area contributed by atoms with Gasteiger partial charge in [-0.3, -0.25) is 9.59 Å². The minimum atomic E-state index is -0.106. The van der Waals surface area contributed by atoms with Crippen molar-refractivity contribution in [1.29, 1.82) is 0 Å². The highest BCUT2D eigenvalue weighted by Gasteiger charge is 2.55. The predicted octanol–water partition coefficient (Wildman–Crippen LogP) is 4.59. The number of anilines is 2. The SMILES string of the molecule is CC(=O)Nc1cccc(NC(=O)C2CC3CCCC(C2)C32SCCS2)c1. The lowest BCUT2D eigenvalue weighted by Gasteiger charge is -2.52. The molecule has 140 valence electrons. The Hall–Kier alpha value is -1.14. The average molecular weight is 391 g/mol. The van der Waals surface area contributed by atoms with Crippen LogP contribution in [0, 0.1) is 17.8 Å². The van der Waals surface area contributed by atoms with Crippen LogP contribution in [0.5, 0.6) is 0 Å². The van der Waals surface area contributed by atoms with Gasteiger partial charge in [-0.15, -0.1) is 23.5 Å². The molecule has 2 aliphatic carbocycles. The van der Waals surface area contributed by atoms with E-state index >= 15 is 0 Å². The highest BCUT2D eigenvalue weighted by atomic mass is 32.2. The predicted molar refractivity (Wildman–Crippen MR) is 111 cm³/mol. The van der Waals surface area contributed by atoms with Gasteiger partial charge in [0.2, 0.25) is 11.8 Å². The minimum absolute atomic E-state index is 0.106. The van der Waals surface area contributed by atoms with Crippen molar-refractivity contribution in [2.75, 3.05) is 22.1 Å². The lowest BCUT2D eigenvalue weighted by atomic mass is 9.67. The van der Waals surface area contributed by atoms with Crippen LogP contribution in [-0.2, 0) is 9.59 Å². The number of benzene rings is 1. The Morgan fingerprint density at radius 1 is 1.04 bits per heavy atom. The van der Waals surface area contributed by atoms with Crippen molar-refractivity contribution < 1.29 is 9.59 Å². The zero-order valence-corrected chi connectivity index (χ0v) is 16.8. The first-order valence-electron chi connectivity index (χ1n) is 9.53. The molecule has 2 unspecified atom stereocenters. The number of nitrogens with one attached hydrogen (secondary N) is 2. The summed E-state index contributed by atoms with van der Waals surface area (Å²) in [5, 5.41) is 5.86. The summed E-state index contributed by atoms with van der Waals surface area (Å²) in [4.78, 5) is 24.1. The van der Waals surface area contributed by atoms with Gasteiger partial charge in [0.1, 0.15) is 0 Å². The number of carbonyl (C=O) groups is 2. The summed E-state index contributed by atoms with van der Waals surface area (Å²) in [7, 11) is 0. The third kappa shape index (κ3) is 3.50. The lowest BCUT2D eigenvalue weighted by molar-refractivity contribution is -0.122. The summed E-state index contributed by atoms with van der Waals surface area (Å²) >= 11 is 4.35. The monoisotopic (exact) mass is 390 g/mol. The summed E-state index contributed by atoms with van der Waals surface area (Å²) in [5.74, 6) is 4.04. The van der Waals surface area contributed by atoms with E-state index in [2.05, 4.69) is 34.2 Å². The van der Waals surface area contributed by atoms with E-state index in [4.69, 9.17) is 0 Å². The van der Waals surface area contributed by atoms with Crippen molar-refractivity contribution in [3.63, 3.8) is 0 Å². The fourth-order valence-corrected chi connectivity index (χ4v) is 8.88. The van der Waals surface area contributed by atoms with Gasteiger partial charge in [-0.05, 0) is 55.7 Å². The Morgan fingerprint density at radius 3 is 2.27 bits per heavy atom. The Balaban J connectivity index is 1.44. The van der Waals surface area contributed by atoms with Crippen molar-refractivity contribution >= 4 is 46.7 Å². The Bertz CT molecular complexity index is 687. The van der Waals surface area contributed by atoms with E-state index in [0.29, 0.717) is 21.6 Å². The van der Waals surface area contributed by atoms with Gasteiger partial charge in [-0.2, -0.15) is 0 Å². The zero-order valence-electron chi connectivity index (χ0n) is 15.1. The molecular weight excluding hydrogens is 364 g/mol. The molecular formula is C20H26N2O2S2. The second-order valence-corrected chi connectivity index (χ2v) is 10.7. The molecule has 1 heterocycles. The smallest absolute Gasteiger partial charge is 0.227 e. The molecule has 2 bridgehead atoms. The molecule has 3 fully saturated rings. The maximum Gasteiger partial charge on any atom is 0.227 e. The average Bonchev–Trinajstić information content (AvgIpc) is 3.04. The quantitative estimate of drug-likeness (QED) is 0.793. The molecule has 2 saturated carbocycles. The first kappa shape index (κ1) is 18.2. The number of hydrogen-bond donors (Lipinski definition) is 2. The van der Waals surface area contributed by atoms with Crippen molar-refractivity contribution in [2.24, 2.45) is 17.8 Å². The fourth-order valence-electron chi connectivity index (χ4n) is 4.95. The van der Waals surface area contributed by atoms with Crippen LogP contribution in [0.4, 0.5) is 11.4 Å². The third-order valence-electron chi connectivity index (χ3n) is 5.94. The van der Waals surface area contributed by atoms with Crippen molar-refractivity contribution in [3.05, 3.63) is 24.3 Å². The fraction of sp³-hybridized carbons (Fsp3) is 0.600. The molecule has 1 saturated heterocycles. The maximum atomic E-state index is 12.9. The van der Waals surface area contributed by atoms with Crippen LogP contribution in [0.25, 0.3) is 0 Å². The van der Waals surface area contributed by atoms with Crippen LogP contribution in [-0.4, -0.2) is 27.4 Å². The number of thioether (sulfide) groups is 2. The van der Waals surface area contributed by atoms with Crippen LogP contribution < -0.4 is 10.6 Å². The van der Waals surface area contributed by atoms with Gasteiger partial charge >= 0.3 is 0 Å². The summed E-state index contributed by atoms with van der Waals surface area (Å²) in [6.45, 7) is 1.49. The van der Waals surface area contributed by atoms with Gasteiger partial charge in [0.05, 0.1) is 4.08 Å². The molecule has 2 atom stereocenters. The van der Waals surface area contributed by atoms with E-state index in [0.717, 1.165) is 18.5 Å². The van der Waals surface area contributed by atoms with Gasteiger partial charge in [0.25, 0.3) is 0 Å². The summed E-state index contributed by atoms with van der Waals surface area (Å²) in [5.41, 5.74) is 1.48. The highest BCUT2D eigenvalue weighted by Crippen LogP contribution is 2.64. The summed E-state index contributed by atoms with van der Waals surface area (Å²) in [6, 6.07) is 7.40. The first-order chi connectivity index (χ1) is 12.6. The van der Waals surface area contributed by atoms with Gasteiger partial charge < -0.3 is 10.6 Å². The Kier molecular flexibility index (Phi) is 5.24. The molecule has 6 heteroatoms. The molecule has 0 aromatic heterocycles. The second kappa shape index (κ2) is 7.47.